The Kier molecular flexibility index (Phi) is 6.41. The van der Waals surface area contributed by atoms with E-state index in [4.69, 9.17) is 5.11 Å². The van der Waals surface area contributed by atoms with E-state index < -0.39 is 35.1 Å². The second-order valence-corrected chi connectivity index (χ2v) is 5.79. The number of rotatable bonds is 6. The average Bonchev–Trinajstić information content (AvgIpc) is 2.32. The first kappa shape index (κ1) is 16.9. The zero-order chi connectivity index (χ0) is 15.3. The van der Waals surface area contributed by atoms with E-state index in [1.54, 1.807) is 6.26 Å². The van der Waals surface area contributed by atoms with Crippen LogP contribution in [-0.2, 0) is 4.79 Å². The molecule has 0 radical (unpaired) electrons. The van der Waals surface area contributed by atoms with Gasteiger partial charge in [-0.2, -0.15) is 11.8 Å². The predicted octanol–water partition coefficient (Wildman–Crippen LogP) is 2.66. The van der Waals surface area contributed by atoms with Crippen LogP contribution in [0.5, 0.6) is 0 Å². The molecular weight excluding hydrogens is 356 g/mol. The summed E-state index contributed by atoms with van der Waals surface area (Å²) in [4.78, 5) is 22.8. The van der Waals surface area contributed by atoms with Crippen molar-refractivity contribution >= 4 is 39.6 Å². The van der Waals surface area contributed by atoms with Gasteiger partial charge >= 0.3 is 5.97 Å². The van der Waals surface area contributed by atoms with Crippen molar-refractivity contribution in [3.8, 4) is 0 Å². The van der Waals surface area contributed by atoms with Gasteiger partial charge in [-0.25, -0.2) is 13.6 Å². The van der Waals surface area contributed by atoms with E-state index in [0.29, 0.717) is 5.75 Å². The molecule has 8 heteroatoms. The van der Waals surface area contributed by atoms with Crippen LogP contribution in [0.4, 0.5) is 8.78 Å². The van der Waals surface area contributed by atoms with Gasteiger partial charge in [-0.15, -0.1) is 0 Å². The standard InChI is InChI=1S/C12H12BrF2NO3S/c1-20-3-2-9(12(18)19)16-11(17)10-7(14)4-6(13)5-8(10)15/h4-5,9H,2-3H2,1H3,(H,16,17)(H,18,19)/t9-/m0/s1. The van der Waals surface area contributed by atoms with Crippen molar-refractivity contribution in [1.29, 1.82) is 0 Å². The van der Waals surface area contributed by atoms with Gasteiger partial charge in [0.15, 0.2) is 0 Å². The summed E-state index contributed by atoms with van der Waals surface area (Å²) in [5, 5.41) is 11.1. The first-order valence-corrected chi connectivity index (χ1v) is 7.72. The Hall–Kier alpha value is -1.15. The minimum absolute atomic E-state index is 0.154. The summed E-state index contributed by atoms with van der Waals surface area (Å²) in [5.74, 6) is -3.93. The van der Waals surface area contributed by atoms with Crippen LogP contribution in [-0.4, -0.2) is 35.0 Å². The third-order valence-corrected chi connectivity index (χ3v) is 3.55. The number of carbonyl (C=O) groups is 2. The molecule has 0 bridgehead atoms. The van der Waals surface area contributed by atoms with Crippen LogP contribution in [0, 0.1) is 11.6 Å². The molecule has 4 nitrogen and oxygen atoms in total. The number of carbonyl (C=O) groups excluding carboxylic acids is 1. The highest BCUT2D eigenvalue weighted by molar-refractivity contribution is 9.10. The Morgan fingerprint density at radius 3 is 2.40 bits per heavy atom. The maximum Gasteiger partial charge on any atom is 0.326 e. The molecule has 0 heterocycles. The number of carboxylic acid groups (broad SMARTS) is 1. The quantitative estimate of drug-likeness (QED) is 0.810. The van der Waals surface area contributed by atoms with E-state index in [1.807, 2.05) is 0 Å². The maximum atomic E-state index is 13.6. The number of halogens is 3. The fraction of sp³-hybridized carbons (Fsp3) is 0.333. The molecule has 1 amide bonds. The second-order valence-electron chi connectivity index (χ2n) is 3.89. The predicted molar refractivity (Wildman–Crippen MR) is 75.9 cm³/mol. The van der Waals surface area contributed by atoms with Crippen molar-refractivity contribution < 1.29 is 23.5 Å². The molecule has 2 N–H and O–H groups in total. The molecule has 1 rings (SSSR count). The number of nitrogens with one attached hydrogen (secondary N) is 1. The van der Waals surface area contributed by atoms with Gasteiger partial charge in [-0.1, -0.05) is 15.9 Å². The molecule has 1 aromatic carbocycles. The SMILES string of the molecule is CSCC[C@H](NC(=O)c1c(F)cc(Br)cc1F)C(=O)O. The molecule has 1 atom stereocenters. The number of carboxylic acids is 1. The minimum atomic E-state index is -1.25. The maximum absolute atomic E-state index is 13.6. The fourth-order valence-electron chi connectivity index (χ4n) is 1.48. The molecule has 0 spiro atoms. The summed E-state index contributed by atoms with van der Waals surface area (Å²) in [6.07, 6.45) is 1.96. The number of hydrogen-bond donors (Lipinski definition) is 2. The molecule has 0 unspecified atom stereocenters. The van der Waals surface area contributed by atoms with E-state index in [2.05, 4.69) is 21.2 Å². The summed E-state index contributed by atoms with van der Waals surface area (Å²) in [6, 6.07) is 0.697. The first-order chi connectivity index (χ1) is 9.36. The molecule has 0 aromatic heterocycles. The van der Waals surface area contributed by atoms with Crippen molar-refractivity contribution in [2.75, 3.05) is 12.0 Å². The van der Waals surface area contributed by atoms with Gasteiger partial charge < -0.3 is 10.4 Å². The molecular formula is C12H12BrF2NO3S. The van der Waals surface area contributed by atoms with Crippen molar-refractivity contribution in [3.63, 3.8) is 0 Å². The number of thioether (sulfide) groups is 1. The fourth-order valence-corrected chi connectivity index (χ4v) is 2.36. The largest absolute Gasteiger partial charge is 0.480 e. The molecule has 0 saturated heterocycles. The molecule has 110 valence electrons. The Labute approximate surface area is 127 Å². The second kappa shape index (κ2) is 7.58. The van der Waals surface area contributed by atoms with E-state index in [0.717, 1.165) is 12.1 Å². The van der Waals surface area contributed by atoms with Crippen LogP contribution in [0.25, 0.3) is 0 Å². The summed E-state index contributed by atoms with van der Waals surface area (Å²) in [6.45, 7) is 0. The zero-order valence-electron chi connectivity index (χ0n) is 10.5. The first-order valence-electron chi connectivity index (χ1n) is 5.54. The van der Waals surface area contributed by atoms with Crippen LogP contribution < -0.4 is 5.32 Å². The molecule has 0 aliphatic carbocycles. The lowest BCUT2D eigenvalue weighted by Gasteiger charge is -2.14. The molecule has 0 fully saturated rings. The molecule has 0 aliphatic rings. The number of hydrogen-bond acceptors (Lipinski definition) is 3. The molecule has 0 aliphatic heterocycles. The lowest BCUT2D eigenvalue weighted by molar-refractivity contribution is -0.139. The minimum Gasteiger partial charge on any atom is -0.480 e. The summed E-state index contributed by atoms with van der Waals surface area (Å²) < 4.78 is 27.3. The Bertz CT molecular complexity index is 504. The monoisotopic (exact) mass is 367 g/mol. The van der Waals surface area contributed by atoms with Gasteiger partial charge in [0, 0.05) is 4.47 Å². The van der Waals surface area contributed by atoms with Crippen molar-refractivity contribution in [2.45, 2.75) is 12.5 Å². The lowest BCUT2D eigenvalue weighted by Crippen LogP contribution is -2.41. The highest BCUT2D eigenvalue weighted by Crippen LogP contribution is 2.19. The summed E-state index contributed by atoms with van der Waals surface area (Å²) >= 11 is 4.31. The van der Waals surface area contributed by atoms with Crippen LogP contribution >= 0.6 is 27.7 Å². The lowest BCUT2D eigenvalue weighted by atomic mass is 10.1. The van der Waals surface area contributed by atoms with Crippen molar-refractivity contribution in [1.82, 2.24) is 5.32 Å². The Morgan fingerprint density at radius 2 is 1.95 bits per heavy atom. The molecule has 0 saturated carbocycles. The number of benzene rings is 1. The Balaban J connectivity index is 2.92. The topological polar surface area (TPSA) is 66.4 Å². The number of amides is 1. The average molecular weight is 368 g/mol. The third-order valence-electron chi connectivity index (χ3n) is 2.45. The van der Waals surface area contributed by atoms with Gasteiger partial charge in [-0.3, -0.25) is 4.79 Å². The highest BCUT2D eigenvalue weighted by atomic mass is 79.9. The molecule has 20 heavy (non-hydrogen) atoms. The van der Waals surface area contributed by atoms with Crippen LogP contribution in [0.3, 0.4) is 0 Å². The van der Waals surface area contributed by atoms with E-state index >= 15 is 0 Å². The van der Waals surface area contributed by atoms with Gasteiger partial charge in [0.1, 0.15) is 23.2 Å². The van der Waals surface area contributed by atoms with Crippen LogP contribution in [0.2, 0.25) is 0 Å². The van der Waals surface area contributed by atoms with E-state index in [-0.39, 0.29) is 10.9 Å². The van der Waals surface area contributed by atoms with E-state index in [9.17, 15) is 18.4 Å². The van der Waals surface area contributed by atoms with Gasteiger partial charge in [0.25, 0.3) is 5.91 Å². The van der Waals surface area contributed by atoms with Gasteiger partial charge in [0.05, 0.1) is 0 Å². The molecule has 1 aromatic rings. The normalized spacial score (nSPS) is 12.0. The van der Waals surface area contributed by atoms with Crippen LogP contribution in [0.1, 0.15) is 16.8 Å². The number of aliphatic carboxylic acids is 1. The summed E-state index contributed by atoms with van der Waals surface area (Å²) in [7, 11) is 0. The zero-order valence-corrected chi connectivity index (χ0v) is 12.9. The van der Waals surface area contributed by atoms with Gasteiger partial charge in [0.2, 0.25) is 0 Å². The van der Waals surface area contributed by atoms with Crippen LogP contribution in [0.15, 0.2) is 16.6 Å². The van der Waals surface area contributed by atoms with Crippen molar-refractivity contribution in [3.05, 3.63) is 33.8 Å². The smallest absolute Gasteiger partial charge is 0.326 e. The van der Waals surface area contributed by atoms with E-state index in [1.165, 1.54) is 11.8 Å². The van der Waals surface area contributed by atoms with Gasteiger partial charge in [-0.05, 0) is 30.6 Å². The third kappa shape index (κ3) is 4.45. The Morgan fingerprint density at radius 1 is 1.40 bits per heavy atom. The summed E-state index contributed by atoms with van der Waals surface area (Å²) in [5.41, 5.74) is -0.788. The highest BCUT2D eigenvalue weighted by Gasteiger charge is 2.24. The van der Waals surface area contributed by atoms with Crippen molar-refractivity contribution in [2.24, 2.45) is 0 Å².